The van der Waals surface area contributed by atoms with Crippen LogP contribution in [0.3, 0.4) is 0 Å². The molecule has 2 rings (SSSR count). The average Bonchev–Trinajstić information content (AvgIpc) is 2.46. The van der Waals surface area contributed by atoms with Gasteiger partial charge in [-0.1, -0.05) is 19.3 Å². The van der Waals surface area contributed by atoms with Crippen LogP contribution in [-0.2, 0) is 4.74 Å². The number of nitrogens with zero attached hydrogens (tertiary/aromatic N) is 1. The summed E-state index contributed by atoms with van der Waals surface area (Å²) in [6.45, 7) is 4.48. The van der Waals surface area contributed by atoms with E-state index in [1.54, 1.807) is 0 Å². The summed E-state index contributed by atoms with van der Waals surface area (Å²) < 4.78 is 5.50. The van der Waals surface area contributed by atoms with Gasteiger partial charge in [-0.2, -0.15) is 0 Å². The zero-order chi connectivity index (χ0) is 12.8. The van der Waals surface area contributed by atoms with E-state index < -0.39 is 0 Å². The van der Waals surface area contributed by atoms with Gasteiger partial charge >= 0.3 is 0 Å². The molecule has 2 fully saturated rings. The van der Waals surface area contributed by atoms with Gasteiger partial charge in [0.05, 0.1) is 6.10 Å². The smallest absolute Gasteiger partial charge is 0.0698 e. The van der Waals surface area contributed by atoms with Gasteiger partial charge in [0.25, 0.3) is 0 Å². The standard InChI is InChI=1S/C15H30N2O/c1-18-14-6-5-10-17(12-14)11-9-15(13-16)7-3-2-4-8-15/h14H,2-13,16H2,1H3. The van der Waals surface area contributed by atoms with Crippen LogP contribution in [0.4, 0.5) is 0 Å². The van der Waals surface area contributed by atoms with Crippen LogP contribution in [-0.4, -0.2) is 44.3 Å². The fourth-order valence-corrected chi connectivity index (χ4v) is 3.66. The van der Waals surface area contributed by atoms with E-state index >= 15 is 0 Å². The van der Waals surface area contributed by atoms with Crippen molar-refractivity contribution < 1.29 is 4.74 Å². The van der Waals surface area contributed by atoms with Crippen molar-refractivity contribution in [1.82, 2.24) is 4.90 Å². The SMILES string of the molecule is COC1CCCN(CCC2(CN)CCCCC2)C1. The molecule has 2 aliphatic rings. The first kappa shape index (κ1) is 14.3. The van der Waals surface area contributed by atoms with Crippen molar-refractivity contribution in [2.75, 3.05) is 33.3 Å². The predicted octanol–water partition coefficient (Wildman–Crippen LogP) is 2.40. The lowest BCUT2D eigenvalue weighted by Gasteiger charge is -2.39. The Morgan fingerprint density at radius 2 is 2.00 bits per heavy atom. The number of methoxy groups -OCH3 is 1. The fraction of sp³-hybridized carbons (Fsp3) is 1.00. The largest absolute Gasteiger partial charge is 0.380 e. The minimum absolute atomic E-state index is 0.457. The monoisotopic (exact) mass is 254 g/mol. The van der Waals surface area contributed by atoms with Crippen molar-refractivity contribution in [3.63, 3.8) is 0 Å². The molecule has 1 aliphatic carbocycles. The zero-order valence-electron chi connectivity index (χ0n) is 12.0. The number of likely N-dealkylation sites (tertiary alicyclic amines) is 1. The van der Waals surface area contributed by atoms with Gasteiger partial charge in [-0.3, -0.25) is 0 Å². The van der Waals surface area contributed by atoms with Crippen molar-refractivity contribution in [1.29, 1.82) is 0 Å². The summed E-state index contributed by atoms with van der Waals surface area (Å²) in [5.41, 5.74) is 6.52. The van der Waals surface area contributed by atoms with Gasteiger partial charge in [-0.15, -0.1) is 0 Å². The molecule has 3 heteroatoms. The Kier molecular flexibility index (Phi) is 5.46. The molecule has 18 heavy (non-hydrogen) atoms. The highest BCUT2D eigenvalue weighted by atomic mass is 16.5. The molecule has 1 aliphatic heterocycles. The molecule has 0 aromatic carbocycles. The summed E-state index contributed by atoms with van der Waals surface area (Å²) in [5.74, 6) is 0. The van der Waals surface area contributed by atoms with E-state index in [4.69, 9.17) is 10.5 Å². The highest BCUT2D eigenvalue weighted by Crippen LogP contribution is 2.38. The summed E-state index contributed by atoms with van der Waals surface area (Å²) in [7, 11) is 1.84. The lowest BCUT2D eigenvalue weighted by atomic mass is 9.72. The first-order valence-electron chi connectivity index (χ1n) is 7.73. The van der Waals surface area contributed by atoms with Crippen molar-refractivity contribution in [3.8, 4) is 0 Å². The Labute approximate surface area is 112 Å². The van der Waals surface area contributed by atoms with Crippen LogP contribution in [0.25, 0.3) is 0 Å². The molecule has 0 radical (unpaired) electrons. The number of rotatable bonds is 5. The van der Waals surface area contributed by atoms with E-state index in [1.807, 2.05) is 7.11 Å². The van der Waals surface area contributed by atoms with Gasteiger partial charge in [0.1, 0.15) is 0 Å². The third-order valence-corrected chi connectivity index (χ3v) is 5.10. The summed E-state index contributed by atoms with van der Waals surface area (Å²) in [6.07, 6.45) is 11.2. The molecule has 1 heterocycles. The molecule has 2 N–H and O–H groups in total. The summed E-state index contributed by atoms with van der Waals surface area (Å²) >= 11 is 0. The maximum Gasteiger partial charge on any atom is 0.0698 e. The van der Waals surface area contributed by atoms with Gasteiger partial charge in [0.2, 0.25) is 0 Å². The molecular formula is C15H30N2O. The maximum absolute atomic E-state index is 6.06. The minimum Gasteiger partial charge on any atom is -0.380 e. The lowest BCUT2D eigenvalue weighted by Crippen LogP contribution is -2.42. The van der Waals surface area contributed by atoms with Gasteiger partial charge < -0.3 is 15.4 Å². The van der Waals surface area contributed by atoms with Crippen molar-refractivity contribution in [2.24, 2.45) is 11.1 Å². The summed E-state index contributed by atoms with van der Waals surface area (Å²) in [4.78, 5) is 2.59. The van der Waals surface area contributed by atoms with Crippen LogP contribution in [0.15, 0.2) is 0 Å². The number of piperidine rings is 1. The van der Waals surface area contributed by atoms with Crippen LogP contribution in [0.1, 0.15) is 51.4 Å². The van der Waals surface area contributed by atoms with E-state index in [0.717, 1.165) is 13.1 Å². The second-order valence-corrected chi connectivity index (χ2v) is 6.32. The zero-order valence-corrected chi connectivity index (χ0v) is 12.0. The Bertz CT molecular complexity index is 239. The Hall–Kier alpha value is -0.120. The topological polar surface area (TPSA) is 38.5 Å². The Balaban J connectivity index is 1.78. The number of ether oxygens (including phenoxy) is 1. The van der Waals surface area contributed by atoms with Crippen LogP contribution >= 0.6 is 0 Å². The average molecular weight is 254 g/mol. The molecule has 0 aromatic rings. The summed E-state index contributed by atoms with van der Waals surface area (Å²) in [5, 5.41) is 0. The molecule has 0 bridgehead atoms. The van der Waals surface area contributed by atoms with E-state index in [-0.39, 0.29) is 0 Å². The second kappa shape index (κ2) is 6.88. The maximum atomic E-state index is 6.06. The van der Waals surface area contributed by atoms with Crippen LogP contribution in [0.2, 0.25) is 0 Å². The molecular weight excluding hydrogens is 224 g/mol. The Morgan fingerprint density at radius 3 is 2.67 bits per heavy atom. The molecule has 1 saturated heterocycles. The van der Waals surface area contributed by atoms with Crippen LogP contribution in [0.5, 0.6) is 0 Å². The molecule has 0 spiro atoms. The fourth-order valence-electron chi connectivity index (χ4n) is 3.66. The number of hydrogen-bond donors (Lipinski definition) is 1. The molecule has 1 saturated carbocycles. The quantitative estimate of drug-likeness (QED) is 0.819. The van der Waals surface area contributed by atoms with Gasteiger partial charge in [-0.25, -0.2) is 0 Å². The van der Waals surface area contributed by atoms with E-state index in [1.165, 1.54) is 64.5 Å². The van der Waals surface area contributed by atoms with Gasteiger partial charge in [0.15, 0.2) is 0 Å². The van der Waals surface area contributed by atoms with Crippen LogP contribution in [0, 0.1) is 5.41 Å². The van der Waals surface area contributed by atoms with Gasteiger partial charge in [-0.05, 0) is 57.2 Å². The van der Waals surface area contributed by atoms with Crippen LogP contribution < -0.4 is 5.73 Å². The third kappa shape index (κ3) is 3.69. The van der Waals surface area contributed by atoms with Crippen molar-refractivity contribution in [3.05, 3.63) is 0 Å². The molecule has 106 valence electrons. The first-order chi connectivity index (χ1) is 8.78. The Morgan fingerprint density at radius 1 is 1.22 bits per heavy atom. The van der Waals surface area contributed by atoms with E-state index in [2.05, 4.69) is 4.90 Å². The first-order valence-corrected chi connectivity index (χ1v) is 7.73. The third-order valence-electron chi connectivity index (χ3n) is 5.10. The van der Waals surface area contributed by atoms with E-state index in [0.29, 0.717) is 11.5 Å². The van der Waals surface area contributed by atoms with Crippen molar-refractivity contribution in [2.45, 2.75) is 57.5 Å². The molecule has 0 amide bonds. The number of hydrogen-bond acceptors (Lipinski definition) is 3. The summed E-state index contributed by atoms with van der Waals surface area (Å²) in [6, 6.07) is 0. The molecule has 3 nitrogen and oxygen atoms in total. The second-order valence-electron chi connectivity index (χ2n) is 6.32. The molecule has 1 atom stereocenters. The van der Waals surface area contributed by atoms with E-state index in [9.17, 15) is 0 Å². The lowest BCUT2D eigenvalue weighted by molar-refractivity contribution is 0.0243. The number of nitrogens with two attached hydrogens (primary N) is 1. The highest BCUT2D eigenvalue weighted by Gasteiger charge is 2.31. The molecule has 0 aromatic heterocycles. The predicted molar refractivity (Wildman–Crippen MR) is 75.7 cm³/mol. The highest BCUT2D eigenvalue weighted by molar-refractivity contribution is 4.85. The minimum atomic E-state index is 0.457. The van der Waals surface area contributed by atoms with Crippen molar-refractivity contribution >= 4 is 0 Å². The van der Waals surface area contributed by atoms with Gasteiger partial charge in [0, 0.05) is 13.7 Å². The normalized spacial score (nSPS) is 29.3. The molecule has 1 unspecified atom stereocenters.